The summed E-state index contributed by atoms with van der Waals surface area (Å²) < 4.78 is 6.29. The molecule has 0 spiro atoms. The summed E-state index contributed by atoms with van der Waals surface area (Å²) in [4.78, 5) is 33.0. The molecule has 2 aromatic heterocycles. The Bertz CT molecular complexity index is 1370. The van der Waals surface area contributed by atoms with Gasteiger partial charge in [0.05, 0.1) is 18.4 Å². The molecule has 2 N–H and O–H groups in total. The highest BCUT2D eigenvalue weighted by Gasteiger charge is 2.26. The summed E-state index contributed by atoms with van der Waals surface area (Å²) >= 11 is 12.9. The molecule has 3 aromatic rings. The third-order valence-electron chi connectivity index (χ3n) is 5.39. The highest BCUT2D eigenvalue weighted by atomic mass is 35.5. The van der Waals surface area contributed by atoms with Crippen molar-refractivity contribution in [3.8, 4) is 11.6 Å². The van der Waals surface area contributed by atoms with E-state index in [1.54, 1.807) is 18.2 Å². The summed E-state index contributed by atoms with van der Waals surface area (Å²) in [5.74, 6) is -0.830. The van der Waals surface area contributed by atoms with Gasteiger partial charge in [-0.1, -0.05) is 17.7 Å². The number of halogens is 1. The number of aryl methyl sites for hydroxylation is 2. The van der Waals surface area contributed by atoms with E-state index in [0.29, 0.717) is 21.3 Å². The zero-order chi connectivity index (χ0) is 23.0. The van der Waals surface area contributed by atoms with Gasteiger partial charge in [0, 0.05) is 16.1 Å². The van der Waals surface area contributed by atoms with E-state index in [-0.39, 0.29) is 16.2 Å². The summed E-state index contributed by atoms with van der Waals surface area (Å²) in [6.45, 7) is 1.86. The normalized spacial score (nSPS) is 13.3. The molecule has 2 heterocycles. The first-order chi connectivity index (χ1) is 15.3. The SMILES string of the molecule is COC(=O)c1c(N=Cc2c(O)n(-c3ccc(C)c(Cl)c3)c(=S)[nH]c2=O)sc2c1CCCC2. The lowest BCUT2D eigenvalue weighted by atomic mass is 9.95. The van der Waals surface area contributed by atoms with Crippen LogP contribution in [0.2, 0.25) is 5.02 Å². The van der Waals surface area contributed by atoms with Crippen LogP contribution in [0.4, 0.5) is 5.00 Å². The third-order valence-corrected chi connectivity index (χ3v) is 7.28. The van der Waals surface area contributed by atoms with Crippen molar-refractivity contribution in [2.24, 2.45) is 4.99 Å². The average molecular weight is 490 g/mol. The van der Waals surface area contributed by atoms with E-state index in [1.807, 2.05) is 6.92 Å². The maximum Gasteiger partial charge on any atom is 0.341 e. The van der Waals surface area contributed by atoms with Crippen LogP contribution in [0.3, 0.4) is 0 Å². The number of methoxy groups -OCH3 is 1. The van der Waals surface area contributed by atoms with Crippen LogP contribution in [-0.2, 0) is 17.6 Å². The number of nitrogens with one attached hydrogen (secondary N) is 1. The standard InChI is InChI=1S/C22H20ClN3O4S2/c1-11-7-8-12(9-15(11)23)26-20(28)14(18(27)25-22(26)31)10-24-19-17(21(29)30-2)13-5-3-4-6-16(13)32-19/h7-10,28H,3-6H2,1-2H3,(H,25,27,31). The van der Waals surface area contributed by atoms with E-state index < -0.39 is 11.5 Å². The van der Waals surface area contributed by atoms with Gasteiger partial charge in [-0.2, -0.15) is 0 Å². The smallest absolute Gasteiger partial charge is 0.341 e. The number of aromatic nitrogens is 2. The summed E-state index contributed by atoms with van der Waals surface area (Å²) in [5.41, 5.74) is 2.07. The molecule has 10 heteroatoms. The molecule has 0 amide bonds. The summed E-state index contributed by atoms with van der Waals surface area (Å²) in [6, 6.07) is 5.17. The van der Waals surface area contributed by atoms with Crippen molar-refractivity contribution in [3.05, 3.63) is 65.5 Å². The summed E-state index contributed by atoms with van der Waals surface area (Å²) in [5, 5.41) is 11.8. The van der Waals surface area contributed by atoms with Gasteiger partial charge in [-0.15, -0.1) is 11.3 Å². The second-order valence-electron chi connectivity index (χ2n) is 7.41. The minimum absolute atomic E-state index is 0.0198. The molecule has 0 atom stereocenters. The van der Waals surface area contributed by atoms with Crippen molar-refractivity contribution in [3.63, 3.8) is 0 Å². The largest absolute Gasteiger partial charge is 0.494 e. The lowest BCUT2D eigenvalue weighted by Gasteiger charge is -2.12. The summed E-state index contributed by atoms with van der Waals surface area (Å²) in [7, 11) is 1.33. The molecule has 1 aliphatic rings. The van der Waals surface area contributed by atoms with Gasteiger partial charge in [-0.25, -0.2) is 9.79 Å². The predicted octanol–water partition coefficient (Wildman–Crippen LogP) is 5.04. The van der Waals surface area contributed by atoms with Crippen LogP contribution in [0, 0.1) is 11.7 Å². The van der Waals surface area contributed by atoms with Gasteiger partial charge in [0.15, 0.2) is 4.77 Å². The summed E-state index contributed by atoms with van der Waals surface area (Å²) in [6.07, 6.45) is 4.97. The minimum Gasteiger partial charge on any atom is -0.494 e. The molecule has 32 heavy (non-hydrogen) atoms. The fourth-order valence-electron chi connectivity index (χ4n) is 3.69. The number of aliphatic imine (C=N–C) groups is 1. The molecule has 4 rings (SSSR count). The maximum atomic E-state index is 12.6. The highest BCUT2D eigenvalue weighted by molar-refractivity contribution is 7.71. The molecule has 0 aliphatic heterocycles. The highest BCUT2D eigenvalue weighted by Crippen LogP contribution is 2.40. The van der Waals surface area contributed by atoms with Crippen LogP contribution >= 0.6 is 35.2 Å². The van der Waals surface area contributed by atoms with Gasteiger partial charge in [0.25, 0.3) is 5.56 Å². The molecule has 1 aliphatic carbocycles. The monoisotopic (exact) mass is 489 g/mol. The fraction of sp³-hybridized carbons (Fsp3) is 0.273. The lowest BCUT2D eigenvalue weighted by molar-refractivity contribution is 0.0601. The minimum atomic E-state index is -0.591. The number of rotatable bonds is 4. The van der Waals surface area contributed by atoms with Crippen LogP contribution < -0.4 is 5.56 Å². The number of ether oxygens (including phenoxy) is 1. The van der Waals surface area contributed by atoms with E-state index in [4.69, 9.17) is 28.6 Å². The number of hydrogen-bond acceptors (Lipinski definition) is 7. The number of aromatic amines is 1. The third kappa shape index (κ3) is 4.03. The molecule has 0 fully saturated rings. The Balaban J connectivity index is 1.83. The number of carbonyl (C=O) groups excluding carboxylic acids is 1. The first-order valence-corrected chi connectivity index (χ1v) is 11.5. The van der Waals surface area contributed by atoms with E-state index in [0.717, 1.165) is 41.7 Å². The number of nitrogens with zero attached hydrogens (tertiary/aromatic N) is 2. The molecule has 0 bridgehead atoms. The number of hydrogen-bond donors (Lipinski definition) is 2. The van der Waals surface area contributed by atoms with Crippen LogP contribution in [0.25, 0.3) is 5.69 Å². The molecule has 166 valence electrons. The number of esters is 1. The van der Waals surface area contributed by atoms with Gasteiger partial charge < -0.3 is 9.84 Å². The maximum absolute atomic E-state index is 12.6. The van der Waals surface area contributed by atoms with Crippen LogP contribution in [0.1, 0.15) is 44.8 Å². The number of aromatic hydroxyl groups is 1. The fourth-order valence-corrected chi connectivity index (χ4v) is 5.37. The number of thiophene rings is 1. The predicted molar refractivity (Wildman–Crippen MR) is 128 cm³/mol. The Kier molecular flexibility index (Phi) is 6.32. The Morgan fingerprint density at radius 1 is 1.38 bits per heavy atom. The zero-order valence-electron chi connectivity index (χ0n) is 17.4. The zero-order valence-corrected chi connectivity index (χ0v) is 19.8. The van der Waals surface area contributed by atoms with Crippen molar-refractivity contribution >= 4 is 52.3 Å². The molecule has 1 aromatic carbocycles. The molecular weight excluding hydrogens is 470 g/mol. The number of benzene rings is 1. The first kappa shape index (κ1) is 22.4. The van der Waals surface area contributed by atoms with Gasteiger partial charge in [-0.05, 0) is 68.1 Å². The Labute approximate surface area is 198 Å². The average Bonchev–Trinajstić information content (AvgIpc) is 3.13. The van der Waals surface area contributed by atoms with Crippen molar-refractivity contribution in [1.82, 2.24) is 9.55 Å². The molecule has 0 unspecified atom stereocenters. The molecule has 0 saturated carbocycles. The Morgan fingerprint density at radius 2 is 2.12 bits per heavy atom. The molecule has 0 radical (unpaired) electrons. The first-order valence-electron chi connectivity index (χ1n) is 9.93. The van der Waals surface area contributed by atoms with Crippen LogP contribution in [-0.4, -0.2) is 34.0 Å². The second kappa shape index (κ2) is 9.01. The molecule has 0 saturated heterocycles. The molecule has 7 nitrogen and oxygen atoms in total. The van der Waals surface area contributed by atoms with E-state index in [9.17, 15) is 14.7 Å². The number of fused-ring (bicyclic) bond motifs is 1. The number of H-pyrrole nitrogens is 1. The van der Waals surface area contributed by atoms with Crippen LogP contribution in [0.15, 0.2) is 28.0 Å². The Hall–Kier alpha value is -2.75. The topological polar surface area (TPSA) is 96.7 Å². The lowest BCUT2D eigenvalue weighted by Crippen LogP contribution is -2.18. The molecular formula is C22H20ClN3O4S2. The quantitative estimate of drug-likeness (QED) is 0.304. The Morgan fingerprint density at radius 3 is 2.84 bits per heavy atom. The second-order valence-corrected chi connectivity index (χ2v) is 9.28. The van der Waals surface area contributed by atoms with Crippen LogP contribution in [0.5, 0.6) is 5.88 Å². The van der Waals surface area contributed by atoms with Crippen molar-refractivity contribution in [2.45, 2.75) is 32.6 Å². The van der Waals surface area contributed by atoms with E-state index in [1.165, 1.54) is 29.2 Å². The number of carbonyl (C=O) groups is 1. The van der Waals surface area contributed by atoms with Gasteiger partial charge in [-0.3, -0.25) is 14.3 Å². The van der Waals surface area contributed by atoms with E-state index in [2.05, 4.69) is 9.98 Å². The van der Waals surface area contributed by atoms with E-state index >= 15 is 0 Å². The van der Waals surface area contributed by atoms with Gasteiger partial charge in [0.1, 0.15) is 10.6 Å². The van der Waals surface area contributed by atoms with Gasteiger partial charge in [0.2, 0.25) is 5.88 Å². The van der Waals surface area contributed by atoms with Crippen molar-refractivity contribution < 1.29 is 14.6 Å². The van der Waals surface area contributed by atoms with Crippen molar-refractivity contribution in [1.29, 1.82) is 0 Å². The van der Waals surface area contributed by atoms with Gasteiger partial charge >= 0.3 is 5.97 Å². The van der Waals surface area contributed by atoms with Crippen molar-refractivity contribution in [2.75, 3.05) is 7.11 Å².